The topological polar surface area (TPSA) is 43.1 Å². The van der Waals surface area contributed by atoms with Crippen LogP contribution >= 0.6 is 0 Å². The van der Waals surface area contributed by atoms with Crippen LogP contribution in [-0.4, -0.2) is 11.3 Å². The molecule has 0 saturated heterocycles. The molecule has 80 valence electrons. The molecule has 0 radical (unpaired) electrons. The van der Waals surface area contributed by atoms with Gasteiger partial charge in [0.2, 0.25) is 0 Å². The highest BCUT2D eigenvalue weighted by molar-refractivity contribution is 5.92. The van der Waals surface area contributed by atoms with Crippen LogP contribution in [-0.2, 0) is 11.2 Å². The lowest BCUT2D eigenvalue weighted by molar-refractivity contribution is -0.120. The number of rotatable bonds is 3. The van der Waals surface area contributed by atoms with Gasteiger partial charge in [-0.25, -0.2) is 8.78 Å². The standard InChI is InChI=1S/C11H11F2NO/c12-8-1-2-9(13)7(5-8)6-10(15)11(14)3-4-11/h1-2,5H,3-4,6,14H2. The van der Waals surface area contributed by atoms with Crippen LogP contribution in [0.2, 0.25) is 0 Å². The second-order valence-corrected chi connectivity index (χ2v) is 3.99. The first-order valence-corrected chi connectivity index (χ1v) is 4.77. The first-order chi connectivity index (χ1) is 7.01. The molecule has 2 rings (SSSR count). The molecule has 1 saturated carbocycles. The van der Waals surface area contributed by atoms with Gasteiger partial charge in [-0.3, -0.25) is 4.79 Å². The van der Waals surface area contributed by atoms with E-state index in [1.54, 1.807) is 0 Å². The number of hydrogen-bond acceptors (Lipinski definition) is 2. The van der Waals surface area contributed by atoms with Crippen molar-refractivity contribution in [3.63, 3.8) is 0 Å². The monoisotopic (exact) mass is 211 g/mol. The molecule has 0 bridgehead atoms. The third-order valence-corrected chi connectivity index (χ3v) is 2.70. The molecule has 0 aromatic heterocycles. The highest BCUT2D eigenvalue weighted by Gasteiger charge is 2.45. The van der Waals surface area contributed by atoms with Gasteiger partial charge in [0.15, 0.2) is 5.78 Å². The maximum Gasteiger partial charge on any atom is 0.157 e. The van der Waals surface area contributed by atoms with Crippen LogP contribution in [0.4, 0.5) is 8.78 Å². The summed E-state index contributed by atoms with van der Waals surface area (Å²) in [5.41, 5.74) is 4.96. The molecule has 0 atom stereocenters. The molecule has 0 heterocycles. The molecule has 0 unspecified atom stereocenters. The van der Waals surface area contributed by atoms with Gasteiger partial charge in [-0.05, 0) is 36.6 Å². The van der Waals surface area contributed by atoms with Gasteiger partial charge >= 0.3 is 0 Å². The summed E-state index contributed by atoms with van der Waals surface area (Å²) < 4.78 is 26.0. The number of carbonyl (C=O) groups is 1. The molecule has 1 fully saturated rings. The molecule has 0 aliphatic heterocycles. The zero-order valence-electron chi connectivity index (χ0n) is 8.09. The number of ketones is 1. The molecule has 0 spiro atoms. The third kappa shape index (κ3) is 2.04. The van der Waals surface area contributed by atoms with Gasteiger partial charge in [0.1, 0.15) is 11.6 Å². The Morgan fingerprint density at radius 3 is 2.67 bits per heavy atom. The molecular weight excluding hydrogens is 200 g/mol. The quantitative estimate of drug-likeness (QED) is 0.824. The second-order valence-electron chi connectivity index (χ2n) is 3.99. The average Bonchev–Trinajstić information content (AvgIpc) is 2.91. The summed E-state index contributed by atoms with van der Waals surface area (Å²) >= 11 is 0. The summed E-state index contributed by atoms with van der Waals surface area (Å²) in [5.74, 6) is -1.32. The van der Waals surface area contributed by atoms with Gasteiger partial charge in [-0.1, -0.05) is 0 Å². The first-order valence-electron chi connectivity index (χ1n) is 4.77. The number of halogens is 2. The number of carbonyl (C=O) groups excluding carboxylic acids is 1. The number of benzene rings is 1. The molecule has 1 aromatic carbocycles. The highest BCUT2D eigenvalue weighted by Crippen LogP contribution is 2.34. The van der Waals surface area contributed by atoms with Crippen molar-refractivity contribution in [3.8, 4) is 0 Å². The van der Waals surface area contributed by atoms with E-state index in [-0.39, 0.29) is 17.8 Å². The Morgan fingerprint density at radius 1 is 1.40 bits per heavy atom. The summed E-state index contributed by atoms with van der Waals surface area (Å²) in [7, 11) is 0. The molecular formula is C11H11F2NO. The zero-order chi connectivity index (χ0) is 11.1. The van der Waals surface area contributed by atoms with Crippen molar-refractivity contribution in [1.82, 2.24) is 0 Å². The normalized spacial score (nSPS) is 17.5. The lowest BCUT2D eigenvalue weighted by atomic mass is 10.0. The van der Waals surface area contributed by atoms with Crippen molar-refractivity contribution in [1.29, 1.82) is 0 Å². The van der Waals surface area contributed by atoms with Gasteiger partial charge < -0.3 is 5.73 Å². The van der Waals surface area contributed by atoms with E-state index in [0.717, 1.165) is 18.2 Å². The fourth-order valence-electron chi connectivity index (χ4n) is 1.44. The Labute approximate surface area is 86.1 Å². The Morgan fingerprint density at radius 2 is 2.07 bits per heavy atom. The molecule has 0 amide bonds. The van der Waals surface area contributed by atoms with E-state index in [0.29, 0.717) is 12.8 Å². The van der Waals surface area contributed by atoms with Crippen LogP contribution in [0.5, 0.6) is 0 Å². The Balaban J connectivity index is 2.16. The molecule has 2 nitrogen and oxygen atoms in total. The maximum absolute atomic E-state index is 13.2. The lowest BCUT2D eigenvalue weighted by Crippen LogP contribution is -2.34. The minimum Gasteiger partial charge on any atom is -0.319 e. The van der Waals surface area contributed by atoms with E-state index < -0.39 is 17.2 Å². The average molecular weight is 211 g/mol. The van der Waals surface area contributed by atoms with Crippen molar-refractivity contribution in [2.24, 2.45) is 5.73 Å². The van der Waals surface area contributed by atoms with Gasteiger partial charge in [0.05, 0.1) is 5.54 Å². The van der Waals surface area contributed by atoms with E-state index >= 15 is 0 Å². The van der Waals surface area contributed by atoms with E-state index in [1.165, 1.54) is 0 Å². The summed E-state index contributed by atoms with van der Waals surface area (Å²) in [6.07, 6.45) is 1.16. The van der Waals surface area contributed by atoms with Gasteiger partial charge in [-0.2, -0.15) is 0 Å². The minimum absolute atomic E-state index is 0.0803. The molecule has 1 aromatic rings. The number of nitrogens with two attached hydrogens (primary N) is 1. The van der Waals surface area contributed by atoms with E-state index in [2.05, 4.69) is 0 Å². The summed E-state index contributed by atoms with van der Waals surface area (Å²) in [5, 5.41) is 0. The molecule has 1 aliphatic carbocycles. The Hall–Kier alpha value is -1.29. The van der Waals surface area contributed by atoms with Crippen LogP contribution in [0, 0.1) is 11.6 Å². The van der Waals surface area contributed by atoms with Crippen molar-refractivity contribution < 1.29 is 13.6 Å². The highest BCUT2D eigenvalue weighted by atomic mass is 19.1. The van der Waals surface area contributed by atoms with E-state index in [4.69, 9.17) is 5.73 Å². The van der Waals surface area contributed by atoms with Gasteiger partial charge in [0.25, 0.3) is 0 Å². The maximum atomic E-state index is 13.2. The fourth-order valence-corrected chi connectivity index (χ4v) is 1.44. The van der Waals surface area contributed by atoms with Gasteiger partial charge in [0, 0.05) is 6.42 Å². The van der Waals surface area contributed by atoms with Crippen molar-refractivity contribution in [3.05, 3.63) is 35.4 Å². The lowest BCUT2D eigenvalue weighted by Gasteiger charge is -2.07. The third-order valence-electron chi connectivity index (χ3n) is 2.70. The van der Waals surface area contributed by atoms with E-state index in [9.17, 15) is 13.6 Å². The molecule has 2 N–H and O–H groups in total. The SMILES string of the molecule is NC1(C(=O)Cc2cc(F)ccc2F)CC1. The van der Waals surface area contributed by atoms with Crippen LogP contribution in [0.1, 0.15) is 18.4 Å². The minimum atomic E-state index is -0.779. The number of Topliss-reactive ketones (excluding diaryl/α,β-unsaturated/α-hetero) is 1. The van der Waals surface area contributed by atoms with Crippen molar-refractivity contribution in [2.75, 3.05) is 0 Å². The van der Waals surface area contributed by atoms with Gasteiger partial charge in [-0.15, -0.1) is 0 Å². The smallest absolute Gasteiger partial charge is 0.157 e. The Kier molecular flexibility index (Phi) is 2.31. The number of hydrogen-bond donors (Lipinski definition) is 1. The zero-order valence-corrected chi connectivity index (χ0v) is 8.09. The molecule has 1 aliphatic rings. The fraction of sp³-hybridized carbons (Fsp3) is 0.364. The molecule has 4 heteroatoms. The van der Waals surface area contributed by atoms with Crippen LogP contribution in [0.3, 0.4) is 0 Å². The van der Waals surface area contributed by atoms with Crippen LogP contribution in [0.25, 0.3) is 0 Å². The predicted molar refractivity (Wildman–Crippen MR) is 51.2 cm³/mol. The first kappa shape index (κ1) is 10.2. The Bertz CT molecular complexity index is 413. The second kappa shape index (κ2) is 3.38. The molecule has 15 heavy (non-hydrogen) atoms. The predicted octanol–water partition coefficient (Wildman–Crippen LogP) is 1.57. The van der Waals surface area contributed by atoms with Crippen LogP contribution < -0.4 is 5.73 Å². The summed E-state index contributed by atoms with van der Waals surface area (Å²) in [4.78, 5) is 11.5. The summed E-state index contributed by atoms with van der Waals surface area (Å²) in [6.45, 7) is 0. The van der Waals surface area contributed by atoms with Crippen molar-refractivity contribution >= 4 is 5.78 Å². The van der Waals surface area contributed by atoms with E-state index in [1.807, 2.05) is 0 Å². The van der Waals surface area contributed by atoms with Crippen LogP contribution in [0.15, 0.2) is 18.2 Å². The van der Waals surface area contributed by atoms with Crippen molar-refractivity contribution in [2.45, 2.75) is 24.8 Å². The largest absolute Gasteiger partial charge is 0.319 e. The summed E-state index contributed by atoms with van der Waals surface area (Å²) in [6, 6.07) is 3.09.